The molecule has 0 atom stereocenters. The van der Waals surface area contributed by atoms with Gasteiger partial charge in [-0.25, -0.2) is 0 Å². The van der Waals surface area contributed by atoms with Crippen LogP contribution in [0, 0.1) is 0 Å². The number of allylic oxidation sites excluding steroid dienone is 7. The second kappa shape index (κ2) is 12.7. The van der Waals surface area contributed by atoms with Crippen molar-refractivity contribution in [3.63, 3.8) is 0 Å². The molecule has 0 bridgehead atoms. The van der Waals surface area contributed by atoms with Crippen LogP contribution in [-0.2, 0) is 0 Å². The van der Waals surface area contributed by atoms with Crippen molar-refractivity contribution < 1.29 is 0 Å². The van der Waals surface area contributed by atoms with Crippen LogP contribution in [0.5, 0.6) is 0 Å². The highest BCUT2D eigenvalue weighted by molar-refractivity contribution is 6.11. The van der Waals surface area contributed by atoms with Crippen molar-refractivity contribution >= 4 is 5.71 Å². The highest BCUT2D eigenvalue weighted by Crippen LogP contribution is 2.13. The zero-order valence-corrected chi connectivity index (χ0v) is 12.2. The minimum absolute atomic E-state index is 0.979. The van der Waals surface area contributed by atoms with Crippen molar-refractivity contribution in [1.82, 2.24) is 0 Å². The van der Waals surface area contributed by atoms with Crippen LogP contribution < -0.4 is 0 Å². The molecule has 0 aliphatic heterocycles. The third-order valence-corrected chi connectivity index (χ3v) is 2.08. The Morgan fingerprint density at radius 2 is 1.71 bits per heavy atom. The van der Waals surface area contributed by atoms with E-state index in [4.69, 9.17) is 0 Å². The van der Waals surface area contributed by atoms with Gasteiger partial charge in [0.2, 0.25) is 0 Å². The highest BCUT2D eigenvalue weighted by Gasteiger charge is 2.03. The third kappa shape index (κ3) is 6.72. The van der Waals surface area contributed by atoms with Gasteiger partial charge in [-0.15, -0.1) is 0 Å². The summed E-state index contributed by atoms with van der Waals surface area (Å²) in [6.45, 7) is 13.8. The zero-order chi connectivity index (χ0) is 13.7. The van der Waals surface area contributed by atoms with E-state index in [1.165, 1.54) is 11.1 Å². The molecule has 1 heteroatoms. The maximum atomic E-state index is 4.23. The number of aliphatic imine (C=N–C) groups is 1. The molecule has 0 spiro atoms. The summed E-state index contributed by atoms with van der Waals surface area (Å²) in [6.07, 6.45) is 11.3. The number of rotatable bonds is 1. The van der Waals surface area contributed by atoms with E-state index >= 15 is 0 Å². The smallest absolute Gasteiger partial charge is 0.0642 e. The van der Waals surface area contributed by atoms with Gasteiger partial charge in [-0.05, 0) is 25.0 Å². The fourth-order valence-corrected chi connectivity index (χ4v) is 1.26. The Bertz CT molecular complexity index is 314. The molecule has 0 aromatic carbocycles. The Labute approximate surface area is 107 Å². The second-order valence-corrected chi connectivity index (χ2v) is 2.95. The van der Waals surface area contributed by atoms with Crippen LogP contribution in [0.4, 0.5) is 0 Å². The molecule has 0 radical (unpaired) electrons. The lowest BCUT2D eigenvalue weighted by molar-refractivity contribution is 1.40. The van der Waals surface area contributed by atoms with Crippen LogP contribution >= 0.6 is 0 Å². The van der Waals surface area contributed by atoms with Crippen molar-refractivity contribution in [3.8, 4) is 0 Å². The molecule has 1 rings (SSSR count). The van der Waals surface area contributed by atoms with E-state index in [9.17, 15) is 0 Å². The summed E-state index contributed by atoms with van der Waals surface area (Å²) in [5.74, 6) is 0. The van der Waals surface area contributed by atoms with Gasteiger partial charge in [0.25, 0.3) is 0 Å². The molecule has 1 aliphatic carbocycles. The van der Waals surface area contributed by atoms with Gasteiger partial charge < -0.3 is 0 Å². The summed E-state index contributed by atoms with van der Waals surface area (Å²) in [7, 11) is 1.81. The van der Waals surface area contributed by atoms with Crippen LogP contribution in [0.2, 0.25) is 0 Å². The lowest BCUT2D eigenvalue weighted by atomic mass is 10.0. The molecule has 0 aromatic heterocycles. The molecule has 0 aromatic rings. The summed E-state index contributed by atoms with van der Waals surface area (Å²) in [5.41, 5.74) is 3.38. The van der Waals surface area contributed by atoms with Crippen molar-refractivity contribution in [2.45, 2.75) is 41.0 Å². The highest BCUT2D eigenvalue weighted by atomic mass is 14.7. The van der Waals surface area contributed by atoms with E-state index in [0.717, 1.165) is 12.1 Å². The van der Waals surface area contributed by atoms with Crippen LogP contribution in [0.1, 0.15) is 41.0 Å². The van der Waals surface area contributed by atoms with Gasteiger partial charge in [0, 0.05) is 12.6 Å². The first-order valence-electron chi connectivity index (χ1n) is 6.43. The zero-order valence-electron chi connectivity index (χ0n) is 12.2. The van der Waals surface area contributed by atoms with Crippen LogP contribution in [0.15, 0.2) is 53.1 Å². The van der Waals surface area contributed by atoms with Gasteiger partial charge >= 0.3 is 0 Å². The van der Waals surface area contributed by atoms with E-state index < -0.39 is 0 Å². The molecule has 0 saturated carbocycles. The quantitative estimate of drug-likeness (QED) is 0.595. The Kier molecular flexibility index (Phi) is 13.5. The maximum Gasteiger partial charge on any atom is 0.0642 e. The summed E-state index contributed by atoms with van der Waals surface area (Å²) >= 11 is 0. The average molecular weight is 233 g/mol. The monoisotopic (exact) mass is 233 g/mol. The summed E-state index contributed by atoms with van der Waals surface area (Å²) < 4.78 is 0. The molecular formula is C16H27N. The fourth-order valence-electron chi connectivity index (χ4n) is 1.26. The van der Waals surface area contributed by atoms with Crippen LogP contribution in [0.25, 0.3) is 0 Å². The standard InChI is InChI=1S/C12H15N.2C2H6/c1-4-10(2)11-8-6-5-7-9-12(11)13-3;2*1-2/h4,6-9H,1,5H2,2-3H3;2*1-2H3/b11-10-,13-12?;;. The molecule has 0 fully saturated rings. The van der Waals surface area contributed by atoms with Crippen LogP contribution in [-0.4, -0.2) is 12.8 Å². The molecule has 0 unspecified atom stereocenters. The molecule has 1 aliphatic rings. The topological polar surface area (TPSA) is 12.4 Å². The van der Waals surface area contributed by atoms with Gasteiger partial charge in [-0.1, -0.05) is 58.6 Å². The molecule has 0 N–H and O–H groups in total. The number of hydrogen-bond acceptors (Lipinski definition) is 1. The van der Waals surface area contributed by atoms with E-state index in [1.54, 1.807) is 0 Å². The first kappa shape index (κ1) is 18.0. The molecule has 0 saturated heterocycles. The number of nitrogens with zero attached hydrogens (tertiary/aromatic N) is 1. The molecule has 1 nitrogen and oxygen atoms in total. The van der Waals surface area contributed by atoms with Crippen molar-refractivity contribution in [1.29, 1.82) is 0 Å². The van der Waals surface area contributed by atoms with E-state index in [0.29, 0.717) is 0 Å². The predicted molar refractivity (Wildman–Crippen MR) is 81.8 cm³/mol. The van der Waals surface area contributed by atoms with Crippen molar-refractivity contribution in [2.75, 3.05) is 7.05 Å². The van der Waals surface area contributed by atoms with Gasteiger partial charge in [0.05, 0.1) is 5.71 Å². The van der Waals surface area contributed by atoms with Gasteiger partial charge in [0.1, 0.15) is 0 Å². The Morgan fingerprint density at radius 1 is 1.18 bits per heavy atom. The Morgan fingerprint density at radius 3 is 2.18 bits per heavy atom. The molecular weight excluding hydrogens is 206 g/mol. The third-order valence-electron chi connectivity index (χ3n) is 2.08. The predicted octanol–water partition coefficient (Wildman–Crippen LogP) is 5.13. The van der Waals surface area contributed by atoms with E-state index in [2.05, 4.69) is 42.8 Å². The normalized spacial score (nSPS) is 18.4. The van der Waals surface area contributed by atoms with Gasteiger partial charge in [-0.3, -0.25) is 4.99 Å². The van der Waals surface area contributed by atoms with Gasteiger partial charge in [-0.2, -0.15) is 0 Å². The summed E-state index contributed by atoms with van der Waals surface area (Å²) in [5, 5.41) is 0. The van der Waals surface area contributed by atoms with Crippen molar-refractivity contribution in [2.24, 2.45) is 4.99 Å². The molecule has 0 heterocycles. The van der Waals surface area contributed by atoms with Gasteiger partial charge in [0.15, 0.2) is 0 Å². The first-order valence-corrected chi connectivity index (χ1v) is 6.43. The minimum Gasteiger partial charge on any atom is -0.288 e. The van der Waals surface area contributed by atoms with E-state index in [-0.39, 0.29) is 0 Å². The summed E-state index contributed by atoms with van der Waals surface area (Å²) in [6, 6.07) is 0. The van der Waals surface area contributed by atoms with Crippen LogP contribution in [0.3, 0.4) is 0 Å². The summed E-state index contributed by atoms with van der Waals surface area (Å²) in [4.78, 5) is 4.23. The van der Waals surface area contributed by atoms with E-state index in [1.807, 2.05) is 40.8 Å². The number of hydrogen-bond donors (Lipinski definition) is 0. The molecule has 0 amide bonds. The molecule has 96 valence electrons. The fraction of sp³-hybridized carbons (Fsp3) is 0.438. The lowest BCUT2D eigenvalue weighted by Crippen LogP contribution is -1.98. The largest absolute Gasteiger partial charge is 0.288 e. The Hall–Kier alpha value is -1.37. The minimum atomic E-state index is 0.979. The molecule has 17 heavy (non-hydrogen) atoms. The maximum absolute atomic E-state index is 4.23. The Balaban J connectivity index is 0. The lowest BCUT2D eigenvalue weighted by Gasteiger charge is -2.03. The first-order chi connectivity index (χ1) is 8.29. The SMILES string of the molecule is C=C/C(C)=C1/C=CCC=CC1=NC.CC.CC. The second-order valence-electron chi connectivity index (χ2n) is 2.95. The average Bonchev–Trinajstić information content (AvgIpc) is 2.67. The van der Waals surface area contributed by atoms with Crippen molar-refractivity contribution in [3.05, 3.63) is 48.1 Å².